The third-order valence-electron chi connectivity index (χ3n) is 2.01. The maximum atomic E-state index is 11.8. The topological polar surface area (TPSA) is 84.9 Å². The molecule has 16 heavy (non-hydrogen) atoms. The van der Waals surface area contributed by atoms with Gasteiger partial charge in [-0.25, -0.2) is 14.8 Å². The maximum Gasteiger partial charge on any atom is 0.343 e. The molecule has 2 heterocycles. The summed E-state index contributed by atoms with van der Waals surface area (Å²) in [5.74, 6) is -0.656. The molecule has 0 saturated carbocycles. The van der Waals surface area contributed by atoms with E-state index in [1.807, 2.05) is 0 Å². The summed E-state index contributed by atoms with van der Waals surface area (Å²) in [5.41, 5.74) is -0.0521. The van der Waals surface area contributed by atoms with E-state index in [9.17, 15) is 9.59 Å². The third kappa shape index (κ3) is 1.65. The highest BCUT2D eigenvalue weighted by molar-refractivity contribution is 5.91. The van der Waals surface area contributed by atoms with Crippen molar-refractivity contribution >= 4 is 17.1 Å². The van der Waals surface area contributed by atoms with Crippen LogP contribution >= 0.6 is 0 Å². The van der Waals surface area contributed by atoms with E-state index in [2.05, 4.69) is 15.0 Å². The summed E-state index contributed by atoms with van der Waals surface area (Å²) in [4.78, 5) is 33.8. The number of carbonyl (C=O) groups excluding carboxylic acids is 1. The van der Waals surface area contributed by atoms with Crippen molar-refractivity contribution in [1.29, 1.82) is 0 Å². The summed E-state index contributed by atoms with van der Waals surface area (Å²) in [6.45, 7) is 1.89. The maximum absolute atomic E-state index is 11.8. The predicted octanol–water partition coefficient (Wildman–Crippen LogP) is 0.495. The van der Waals surface area contributed by atoms with Gasteiger partial charge in [0.2, 0.25) is 5.43 Å². The van der Waals surface area contributed by atoms with Gasteiger partial charge in [-0.05, 0) is 6.92 Å². The van der Waals surface area contributed by atoms with E-state index in [-0.39, 0.29) is 17.7 Å². The smallest absolute Gasteiger partial charge is 0.343 e. The molecule has 0 radical (unpaired) electrons. The first kappa shape index (κ1) is 10.3. The molecule has 0 atom stereocenters. The fraction of sp³-hybridized carbons (Fsp3) is 0.200. The number of nitrogens with zero attached hydrogens (tertiary/aromatic N) is 2. The lowest BCUT2D eigenvalue weighted by Gasteiger charge is -2.01. The molecule has 0 saturated heterocycles. The van der Waals surface area contributed by atoms with Gasteiger partial charge >= 0.3 is 5.97 Å². The molecule has 2 aromatic heterocycles. The van der Waals surface area contributed by atoms with Gasteiger partial charge in [0.1, 0.15) is 5.56 Å². The summed E-state index contributed by atoms with van der Waals surface area (Å²) in [6, 6.07) is 0. The molecule has 0 unspecified atom stereocenters. The first-order valence-corrected chi connectivity index (χ1v) is 4.73. The second kappa shape index (κ2) is 4.09. The summed E-state index contributed by atoms with van der Waals surface area (Å²) in [6.07, 6.45) is 4.14. The van der Waals surface area contributed by atoms with Crippen LogP contribution in [0, 0.1) is 0 Å². The van der Waals surface area contributed by atoms with Crippen LogP contribution < -0.4 is 5.43 Å². The molecule has 0 amide bonds. The van der Waals surface area contributed by atoms with Crippen LogP contribution in [0.4, 0.5) is 0 Å². The number of hydrogen-bond donors (Lipinski definition) is 1. The summed E-state index contributed by atoms with van der Waals surface area (Å²) in [5, 5.41) is 0. The molecule has 0 aliphatic rings. The molecule has 1 N–H and O–H groups in total. The quantitative estimate of drug-likeness (QED) is 0.743. The number of esters is 1. The highest BCUT2D eigenvalue weighted by atomic mass is 16.5. The van der Waals surface area contributed by atoms with Gasteiger partial charge in [-0.3, -0.25) is 4.79 Å². The Morgan fingerprint density at radius 2 is 2.19 bits per heavy atom. The number of ether oxygens (including phenoxy) is 1. The van der Waals surface area contributed by atoms with Gasteiger partial charge in [0, 0.05) is 18.6 Å². The van der Waals surface area contributed by atoms with Crippen LogP contribution in [0.1, 0.15) is 17.3 Å². The van der Waals surface area contributed by atoms with E-state index in [0.717, 1.165) is 0 Å². The Hall–Kier alpha value is -2.24. The van der Waals surface area contributed by atoms with E-state index in [1.54, 1.807) is 6.92 Å². The average molecular weight is 219 g/mol. The molecule has 2 aromatic rings. The lowest BCUT2D eigenvalue weighted by atomic mass is 10.2. The van der Waals surface area contributed by atoms with Crippen LogP contribution in [0.3, 0.4) is 0 Å². The molecule has 0 fully saturated rings. The number of pyridine rings is 1. The van der Waals surface area contributed by atoms with Crippen molar-refractivity contribution in [2.75, 3.05) is 6.61 Å². The molecule has 2 rings (SSSR count). The van der Waals surface area contributed by atoms with Crippen LogP contribution in [0.15, 0.2) is 23.4 Å². The highest BCUT2D eigenvalue weighted by Gasteiger charge is 2.14. The Morgan fingerprint density at radius 1 is 1.44 bits per heavy atom. The van der Waals surface area contributed by atoms with Gasteiger partial charge in [-0.15, -0.1) is 0 Å². The Kier molecular flexibility index (Phi) is 2.63. The minimum atomic E-state index is -0.656. The average Bonchev–Trinajstić information content (AvgIpc) is 2.30. The normalized spacial score (nSPS) is 10.3. The Labute approximate surface area is 90.3 Å². The van der Waals surface area contributed by atoms with Crippen LogP contribution in [0.25, 0.3) is 11.2 Å². The van der Waals surface area contributed by atoms with E-state index in [4.69, 9.17) is 4.74 Å². The van der Waals surface area contributed by atoms with Gasteiger partial charge in [0.25, 0.3) is 0 Å². The highest BCUT2D eigenvalue weighted by Crippen LogP contribution is 2.01. The molecule has 6 nitrogen and oxygen atoms in total. The zero-order valence-electron chi connectivity index (χ0n) is 8.56. The van der Waals surface area contributed by atoms with E-state index in [1.165, 1.54) is 18.6 Å². The summed E-state index contributed by atoms with van der Waals surface area (Å²) >= 11 is 0. The largest absolute Gasteiger partial charge is 0.462 e. The molecular formula is C10H9N3O3. The summed E-state index contributed by atoms with van der Waals surface area (Å²) < 4.78 is 4.75. The minimum absolute atomic E-state index is 0.0603. The van der Waals surface area contributed by atoms with Crippen molar-refractivity contribution in [3.63, 3.8) is 0 Å². The van der Waals surface area contributed by atoms with Crippen molar-refractivity contribution in [2.45, 2.75) is 6.92 Å². The molecule has 6 heteroatoms. The fourth-order valence-electron chi connectivity index (χ4n) is 1.30. The molecule has 82 valence electrons. The third-order valence-corrected chi connectivity index (χ3v) is 2.01. The molecule has 0 bridgehead atoms. The van der Waals surface area contributed by atoms with Gasteiger partial charge in [0.15, 0.2) is 11.2 Å². The zero-order valence-corrected chi connectivity index (χ0v) is 8.56. The number of aromatic amines is 1. The van der Waals surface area contributed by atoms with Gasteiger partial charge in [-0.1, -0.05) is 0 Å². The number of rotatable bonds is 2. The minimum Gasteiger partial charge on any atom is -0.462 e. The van der Waals surface area contributed by atoms with E-state index >= 15 is 0 Å². The summed E-state index contributed by atoms with van der Waals surface area (Å²) in [7, 11) is 0. The van der Waals surface area contributed by atoms with Gasteiger partial charge in [0.05, 0.1) is 6.61 Å². The number of nitrogens with one attached hydrogen (secondary N) is 1. The Bertz CT molecular complexity index is 591. The number of carbonyl (C=O) groups is 1. The second-order valence-electron chi connectivity index (χ2n) is 3.01. The van der Waals surface area contributed by atoms with Crippen molar-refractivity contribution in [3.05, 3.63) is 34.4 Å². The van der Waals surface area contributed by atoms with Crippen molar-refractivity contribution in [2.24, 2.45) is 0 Å². The van der Waals surface area contributed by atoms with Crippen molar-refractivity contribution in [3.8, 4) is 0 Å². The lowest BCUT2D eigenvalue weighted by Crippen LogP contribution is -2.19. The number of hydrogen-bond acceptors (Lipinski definition) is 5. The van der Waals surface area contributed by atoms with Crippen molar-refractivity contribution < 1.29 is 9.53 Å². The Balaban J connectivity index is 2.61. The lowest BCUT2D eigenvalue weighted by molar-refractivity contribution is 0.0524. The van der Waals surface area contributed by atoms with Crippen LogP contribution in [-0.4, -0.2) is 27.5 Å². The molecular weight excluding hydrogens is 210 g/mol. The fourth-order valence-corrected chi connectivity index (χ4v) is 1.30. The van der Waals surface area contributed by atoms with Gasteiger partial charge in [-0.2, -0.15) is 0 Å². The van der Waals surface area contributed by atoms with Crippen molar-refractivity contribution in [1.82, 2.24) is 15.0 Å². The molecule has 0 aliphatic carbocycles. The molecule has 0 aromatic carbocycles. The standard InChI is InChI=1S/C10H9N3O3/c1-2-16-10(15)6-5-13-9-7(8(6)14)11-3-4-12-9/h3-5H,2H2,1H3,(H,12,13,14). The van der Waals surface area contributed by atoms with Crippen LogP contribution in [-0.2, 0) is 4.74 Å². The number of H-pyrrole nitrogens is 1. The van der Waals surface area contributed by atoms with Crippen LogP contribution in [0.5, 0.6) is 0 Å². The zero-order chi connectivity index (χ0) is 11.5. The molecule has 0 spiro atoms. The SMILES string of the molecule is CCOC(=O)c1c[nH]c2nccnc2c1=O. The number of aromatic nitrogens is 3. The predicted molar refractivity (Wildman–Crippen MR) is 56.1 cm³/mol. The van der Waals surface area contributed by atoms with E-state index < -0.39 is 11.4 Å². The van der Waals surface area contributed by atoms with E-state index in [0.29, 0.717) is 5.65 Å². The first-order valence-electron chi connectivity index (χ1n) is 4.73. The Morgan fingerprint density at radius 3 is 2.94 bits per heavy atom. The van der Waals surface area contributed by atoms with Gasteiger partial charge < -0.3 is 9.72 Å². The second-order valence-corrected chi connectivity index (χ2v) is 3.01. The number of fused-ring (bicyclic) bond motifs is 1. The first-order chi connectivity index (χ1) is 7.74. The monoisotopic (exact) mass is 219 g/mol. The molecule has 0 aliphatic heterocycles. The van der Waals surface area contributed by atoms with Crippen LogP contribution in [0.2, 0.25) is 0 Å².